The summed E-state index contributed by atoms with van der Waals surface area (Å²) in [5, 5.41) is 0. The minimum atomic E-state index is 0.355. The van der Waals surface area contributed by atoms with Gasteiger partial charge in [0, 0.05) is 12.3 Å². The first-order valence-corrected chi connectivity index (χ1v) is 8.03. The van der Waals surface area contributed by atoms with Gasteiger partial charge in [-0.15, -0.1) is 11.6 Å². The number of ether oxygens (including phenoxy) is 1. The Morgan fingerprint density at radius 2 is 2.11 bits per heavy atom. The van der Waals surface area contributed by atoms with Crippen LogP contribution in [-0.2, 0) is 6.42 Å². The standard InChI is InChI=1S/C17H21ClO/c1-11-2-3-16-12(4-11)6-15(19-16)9-17(10-18)7-13-5-14(13)8-17/h2-4,13-15H,5-10H2,1H3. The lowest BCUT2D eigenvalue weighted by molar-refractivity contribution is 0.142. The van der Waals surface area contributed by atoms with Crippen molar-refractivity contribution in [2.75, 3.05) is 5.88 Å². The van der Waals surface area contributed by atoms with Crippen molar-refractivity contribution in [2.45, 2.75) is 45.1 Å². The molecule has 1 aromatic rings. The van der Waals surface area contributed by atoms with E-state index in [1.807, 2.05) is 0 Å². The highest BCUT2D eigenvalue weighted by molar-refractivity contribution is 6.18. The summed E-state index contributed by atoms with van der Waals surface area (Å²) in [6.07, 6.45) is 6.73. The molecule has 1 aliphatic heterocycles. The number of rotatable bonds is 3. The van der Waals surface area contributed by atoms with Gasteiger partial charge in [0.25, 0.3) is 0 Å². The third-order valence-electron chi connectivity index (χ3n) is 5.36. The van der Waals surface area contributed by atoms with Crippen LogP contribution in [0.1, 0.15) is 36.8 Å². The lowest BCUT2D eigenvalue weighted by atomic mass is 9.79. The lowest BCUT2D eigenvalue weighted by Crippen LogP contribution is -2.29. The maximum Gasteiger partial charge on any atom is 0.123 e. The number of halogens is 1. The minimum Gasteiger partial charge on any atom is -0.490 e. The summed E-state index contributed by atoms with van der Waals surface area (Å²) in [5.74, 6) is 3.90. The zero-order chi connectivity index (χ0) is 13.0. The molecular weight excluding hydrogens is 256 g/mol. The van der Waals surface area contributed by atoms with Crippen molar-refractivity contribution in [1.29, 1.82) is 0 Å². The quantitative estimate of drug-likeness (QED) is 0.746. The van der Waals surface area contributed by atoms with Gasteiger partial charge in [-0.3, -0.25) is 0 Å². The first-order valence-electron chi connectivity index (χ1n) is 7.50. The van der Waals surface area contributed by atoms with Crippen LogP contribution in [0.2, 0.25) is 0 Å². The van der Waals surface area contributed by atoms with Crippen molar-refractivity contribution in [3.8, 4) is 5.75 Å². The molecule has 2 saturated carbocycles. The summed E-state index contributed by atoms with van der Waals surface area (Å²) in [5.41, 5.74) is 3.09. The second-order valence-corrected chi connectivity index (χ2v) is 7.32. The van der Waals surface area contributed by atoms with Gasteiger partial charge in [-0.1, -0.05) is 17.7 Å². The normalized spacial score (nSPS) is 38.7. The maximum absolute atomic E-state index is 6.31. The number of hydrogen-bond donors (Lipinski definition) is 0. The fourth-order valence-electron chi connectivity index (χ4n) is 4.38. The Morgan fingerprint density at radius 3 is 2.84 bits per heavy atom. The zero-order valence-corrected chi connectivity index (χ0v) is 12.2. The van der Waals surface area contributed by atoms with Crippen molar-refractivity contribution in [1.82, 2.24) is 0 Å². The molecule has 19 heavy (non-hydrogen) atoms. The van der Waals surface area contributed by atoms with E-state index in [1.54, 1.807) is 0 Å². The van der Waals surface area contributed by atoms with Gasteiger partial charge in [0.15, 0.2) is 0 Å². The molecule has 3 aliphatic rings. The van der Waals surface area contributed by atoms with Gasteiger partial charge < -0.3 is 4.74 Å². The van der Waals surface area contributed by atoms with E-state index >= 15 is 0 Å². The smallest absolute Gasteiger partial charge is 0.123 e. The highest BCUT2D eigenvalue weighted by Gasteiger charge is 2.54. The largest absolute Gasteiger partial charge is 0.490 e. The molecule has 2 fully saturated rings. The number of hydrogen-bond acceptors (Lipinski definition) is 1. The van der Waals surface area contributed by atoms with E-state index in [-0.39, 0.29) is 0 Å². The van der Waals surface area contributed by atoms with Crippen LogP contribution in [0.15, 0.2) is 18.2 Å². The molecule has 102 valence electrons. The van der Waals surface area contributed by atoms with E-state index in [9.17, 15) is 0 Å². The third-order valence-corrected chi connectivity index (χ3v) is 5.93. The first kappa shape index (κ1) is 12.1. The third kappa shape index (κ3) is 2.07. The fraction of sp³-hybridized carbons (Fsp3) is 0.647. The molecule has 0 saturated heterocycles. The zero-order valence-electron chi connectivity index (χ0n) is 11.5. The molecule has 1 nitrogen and oxygen atoms in total. The Labute approximate surface area is 120 Å². The Kier molecular flexibility index (Phi) is 2.64. The van der Waals surface area contributed by atoms with Gasteiger partial charge in [0.1, 0.15) is 11.9 Å². The molecule has 3 unspecified atom stereocenters. The summed E-state index contributed by atoms with van der Waals surface area (Å²) >= 11 is 6.31. The molecule has 0 radical (unpaired) electrons. The Morgan fingerprint density at radius 1 is 1.32 bits per heavy atom. The molecule has 2 aliphatic carbocycles. The number of benzene rings is 1. The average Bonchev–Trinajstić information content (AvgIpc) is 2.84. The molecule has 0 N–H and O–H groups in total. The Balaban J connectivity index is 1.47. The lowest BCUT2D eigenvalue weighted by Gasteiger charge is -2.31. The van der Waals surface area contributed by atoms with E-state index in [0.717, 1.165) is 36.3 Å². The predicted molar refractivity (Wildman–Crippen MR) is 77.9 cm³/mol. The van der Waals surface area contributed by atoms with E-state index in [0.29, 0.717) is 11.5 Å². The molecule has 2 heteroatoms. The molecule has 0 spiro atoms. The highest BCUT2D eigenvalue weighted by atomic mass is 35.5. The Bertz CT molecular complexity index is 500. The Hall–Kier alpha value is -0.690. The van der Waals surface area contributed by atoms with E-state index in [4.69, 9.17) is 16.3 Å². The first-order chi connectivity index (χ1) is 9.17. The van der Waals surface area contributed by atoms with Crippen LogP contribution in [0.4, 0.5) is 0 Å². The summed E-state index contributed by atoms with van der Waals surface area (Å²) < 4.78 is 6.14. The van der Waals surface area contributed by atoms with Gasteiger partial charge in [-0.05, 0) is 61.5 Å². The van der Waals surface area contributed by atoms with E-state index in [1.165, 1.54) is 30.4 Å². The van der Waals surface area contributed by atoms with Crippen LogP contribution in [0, 0.1) is 24.2 Å². The van der Waals surface area contributed by atoms with Crippen molar-refractivity contribution < 1.29 is 4.74 Å². The van der Waals surface area contributed by atoms with Crippen LogP contribution in [-0.4, -0.2) is 12.0 Å². The van der Waals surface area contributed by atoms with Crippen LogP contribution < -0.4 is 4.74 Å². The summed E-state index contributed by atoms with van der Waals surface area (Å²) in [4.78, 5) is 0. The predicted octanol–water partition coefficient (Wildman–Crippen LogP) is 4.34. The van der Waals surface area contributed by atoms with Crippen LogP contribution in [0.25, 0.3) is 0 Å². The van der Waals surface area contributed by atoms with Crippen LogP contribution in [0.3, 0.4) is 0 Å². The van der Waals surface area contributed by atoms with Gasteiger partial charge in [-0.25, -0.2) is 0 Å². The number of fused-ring (bicyclic) bond motifs is 2. The number of aryl methyl sites for hydroxylation is 1. The van der Waals surface area contributed by atoms with Crippen LogP contribution in [0.5, 0.6) is 5.75 Å². The summed E-state index contributed by atoms with van der Waals surface area (Å²) in [6.45, 7) is 2.15. The van der Waals surface area contributed by atoms with E-state index < -0.39 is 0 Å². The van der Waals surface area contributed by atoms with Crippen molar-refractivity contribution in [2.24, 2.45) is 17.3 Å². The molecule has 0 bridgehead atoms. The molecule has 1 aromatic carbocycles. The molecule has 4 rings (SSSR count). The van der Waals surface area contributed by atoms with Gasteiger partial charge in [0.2, 0.25) is 0 Å². The van der Waals surface area contributed by atoms with E-state index in [2.05, 4.69) is 25.1 Å². The van der Waals surface area contributed by atoms with Gasteiger partial charge >= 0.3 is 0 Å². The van der Waals surface area contributed by atoms with Gasteiger partial charge in [0.05, 0.1) is 0 Å². The molecule has 3 atom stereocenters. The minimum absolute atomic E-state index is 0.355. The van der Waals surface area contributed by atoms with Crippen molar-refractivity contribution in [3.05, 3.63) is 29.3 Å². The topological polar surface area (TPSA) is 9.23 Å². The summed E-state index contributed by atoms with van der Waals surface area (Å²) in [7, 11) is 0. The highest BCUT2D eigenvalue weighted by Crippen LogP contribution is 2.62. The average molecular weight is 277 g/mol. The second-order valence-electron chi connectivity index (χ2n) is 7.06. The SMILES string of the molecule is Cc1ccc2c(c1)CC(CC1(CCl)CC3CC3C1)O2. The van der Waals surface area contributed by atoms with Crippen LogP contribution >= 0.6 is 11.6 Å². The number of alkyl halides is 1. The molecular formula is C17H21ClO. The van der Waals surface area contributed by atoms with Crippen molar-refractivity contribution in [3.63, 3.8) is 0 Å². The fourth-order valence-corrected chi connectivity index (χ4v) is 4.71. The maximum atomic E-state index is 6.31. The summed E-state index contributed by atoms with van der Waals surface area (Å²) in [6, 6.07) is 6.54. The molecule has 0 amide bonds. The molecule has 1 heterocycles. The second kappa shape index (κ2) is 4.15. The van der Waals surface area contributed by atoms with Crippen molar-refractivity contribution >= 4 is 11.6 Å². The van der Waals surface area contributed by atoms with Gasteiger partial charge in [-0.2, -0.15) is 0 Å². The monoisotopic (exact) mass is 276 g/mol. The molecule has 0 aromatic heterocycles.